The number of amides is 2. The van der Waals surface area contributed by atoms with E-state index in [0.717, 1.165) is 27.8 Å². The highest BCUT2D eigenvalue weighted by Gasteiger charge is 2.44. The minimum Gasteiger partial charge on any atom is -0.481 e. The number of piperidine rings is 1. The van der Waals surface area contributed by atoms with Crippen molar-refractivity contribution in [2.75, 3.05) is 19.7 Å². The lowest BCUT2D eigenvalue weighted by atomic mass is 9.77. The van der Waals surface area contributed by atoms with E-state index in [2.05, 4.69) is 17.4 Å². The second kappa shape index (κ2) is 12.8. The van der Waals surface area contributed by atoms with Gasteiger partial charge in [-0.05, 0) is 54.0 Å². The Labute approximate surface area is 246 Å². The van der Waals surface area contributed by atoms with Crippen LogP contribution in [0.2, 0.25) is 0 Å². The number of hydrogen-bond acceptors (Lipinski definition) is 5. The van der Waals surface area contributed by atoms with Gasteiger partial charge in [-0.2, -0.15) is 0 Å². The highest BCUT2D eigenvalue weighted by atomic mass is 16.5. The Morgan fingerprint density at radius 1 is 0.976 bits per heavy atom. The van der Waals surface area contributed by atoms with Crippen LogP contribution in [0.25, 0.3) is 11.1 Å². The number of likely N-dealkylation sites (tertiary alicyclic amines) is 1. The van der Waals surface area contributed by atoms with Gasteiger partial charge in [0.15, 0.2) is 0 Å². The molecule has 42 heavy (non-hydrogen) atoms. The number of carbonyl (C=O) groups excluding carboxylic acids is 2. The van der Waals surface area contributed by atoms with Crippen LogP contribution in [0.3, 0.4) is 0 Å². The molecule has 1 heterocycles. The Balaban J connectivity index is 1.31. The van der Waals surface area contributed by atoms with E-state index in [1.165, 1.54) is 0 Å². The first-order chi connectivity index (χ1) is 20.3. The van der Waals surface area contributed by atoms with Crippen molar-refractivity contribution >= 4 is 18.0 Å². The Morgan fingerprint density at radius 3 is 2.21 bits per heavy atom. The molecule has 2 aliphatic rings. The molecule has 1 aliphatic carbocycles. The summed E-state index contributed by atoms with van der Waals surface area (Å²) in [4.78, 5) is 40.8. The summed E-state index contributed by atoms with van der Waals surface area (Å²) in [6.07, 6.45) is 0.0791. The van der Waals surface area contributed by atoms with Gasteiger partial charge in [0.05, 0.1) is 18.1 Å². The van der Waals surface area contributed by atoms with Crippen LogP contribution in [-0.4, -0.2) is 59.8 Å². The van der Waals surface area contributed by atoms with Crippen molar-refractivity contribution in [1.29, 1.82) is 0 Å². The summed E-state index contributed by atoms with van der Waals surface area (Å²) in [7, 11) is 0. The van der Waals surface area contributed by atoms with E-state index in [0.29, 0.717) is 25.8 Å². The maximum Gasteiger partial charge on any atom is 0.407 e. The van der Waals surface area contributed by atoms with Crippen LogP contribution in [0.15, 0.2) is 78.9 Å². The third kappa shape index (κ3) is 6.04. The maximum absolute atomic E-state index is 13.9. The summed E-state index contributed by atoms with van der Waals surface area (Å²) >= 11 is 0. The number of nitrogens with one attached hydrogen (secondary N) is 1. The summed E-state index contributed by atoms with van der Waals surface area (Å²) in [5.74, 6) is -1.40. The molecular weight excluding hydrogens is 532 g/mol. The SMILES string of the molecule is CCC1(C(=O)O)CCCN(C(=O)C(NC(=O)OCC2c3ccccc3-c3ccccc32)C(C)OCc2ccccc2)C1. The number of carbonyl (C=O) groups is 3. The number of rotatable bonds is 10. The third-order valence-electron chi connectivity index (χ3n) is 8.73. The predicted octanol–water partition coefficient (Wildman–Crippen LogP) is 5.60. The van der Waals surface area contributed by atoms with E-state index >= 15 is 0 Å². The van der Waals surface area contributed by atoms with Crippen LogP contribution in [-0.2, 0) is 25.7 Å². The molecule has 0 spiro atoms. The van der Waals surface area contributed by atoms with Crippen LogP contribution >= 0.6 is 0 Å². The number of ether oxygens (including phenoxy) is 2. The molecule has 0 saturated carbocycles. The second-order valence-electron chi connectivity index (χ2n) is 11.3. The van der Waals surface area contributed by atoms with Gasteiger partial charge in [-0.15, -0.1) is 0 Å². The molecule has 3 aromatic carbocycles. The number of carboxylic acid groups (broad SMARTS) is 1. The highest BCUT2D eigenvalue weighted by molar-refractivity contribution is 5.87. The molecule has 3 aromatic rings. The van der Waals surface area contributed by atoms with Gasteiger partial charge in [0.1, 0.15) is 12.6 Å². The fraction of sp³-hybridized carbons (Fsp3) is 0.382. The average Bonchev–Trinajstić information content (AvgIpc) is 3.35. The molecule has 2 N–H and O–H groups in total. The van der Waals surface area contributed by atoms with E-state index in [1.807, 2.05) is 73.7 Å². The van der Waals surface area contributed by atoms with Crippen molar-refractivity contribution in [3.63, 3.8) is 0 Å². The van der Waals surface area contributed by atoms with E-state index < -0.39 is 29.6 Å². The molecule has 0 bridgehead atoms. The van der Waals surface area contributed by atoms with Crippen molar-refractivity contribution in [2.24, 2.45) is 5.41 Å². The second-order valence-corrected chi connectivity index (χ2v) is 11.3. The Kier molecular flexibility index (Phi) is 8.92. The van der Waals surface area contributed by atoms with Gasteiger partial charge in [0.25, 0.3) is 0 Å². The van der Waals surface area contributed by atoms with Crippen LogP contribution < -0.4 is 5.32 Å². The summed E-state index contributed by atoms with van der Waals surface area (Å²) in [5, 5.41) is 12.7. The monoisotopic (exact) mass is 570 g/mol. The van der Waals surface area contributed by atoms with E-state index in [-0.39, 0.29) is 31.6 Å². The summed E-state index contributed by atoms with van der Waals surface area (Å²) in [6.45, 7) is 4.45. The number of aliphatic carboxylic acids is 1. The molecule has 3 unspecified atom stereocenters. The number of fused-ring (bicyclic) bond motifs is 3. The first kappa shape index (κ1) is 29.3. The molecule has 8 heteroatoms. The quantitative estimate of drug-likeness (QED) is 0.329. The van der Waals surface area contributed by atoms with Gasteiger partial charge < -0.3 is 24.8 Å². The number of carboxylic acids is 1. The zero-order valence-corrected chi connectivity index (χ0v) is 24.1. The zero-order valence-electron chi connectivity index (χ0n) is 24.1. The first-order valence-electron chi connectivity index (χ1n) is 14.6. The number of benzene rings is 3. The van der Waals surface area contributed by atoms with Gasteiger partial charge >= 0.3 is 12.1 Å². The maximum atomic E-state index is 13.9. The molecule has 0 aromatic heterocycles. The molecule has 220 valence electrons. The van der Waals surface area contributed by atoms with Crippen molar-refractivity contribution in [1.82, 2.24) is 10.2 Å². The summed E-state index contributed by atoms with van der Waals surface area (Å²) in [5.41, 5.74) is 4.37. The molecule has 8 nitrogen and oxygen atoms in total. The van der Waals surface area contributed by atoms with Crippen molar-refractivity contribution in [3.8, 4) is 11.1 Å². The first-order valence-corrected chi connectivity index (χ1v) is 14.6. The Morgan fingerprint density at radius 2 is 1.60 bits per heavy atom. The average molecular weight is 571 g/mol. The molecule has 5 rings (SSSR count). The zero-order chi connectivity index (χ0) is 29.7. The van der Waals surface area contributed by atoms with Gasteiger partial charge in [0, 0.05) is 19.0 Å². The summed E-state index contributed by atoms with van der Waals surface area (Å²) in [6, 6.07) is 24.7. The predicted molar refractivity (Wildman–Crippen MR) is 159 cm³/mol. The van der Waals surface area contributed by atoms with Crippen molar-refractivity contribution in [3.05, 3.63) is 95.6 Å². The van der Waals surface area contributed by atoms with Gasteiger partial charge in [-0.3, -0.25) is 9.59 Å². The van der Waals surface area contributed by atoms with E-state index in [4.69, 9.17) is 9.47 Å². The number of nitrogens with zero attached hydrogens (tertiary/aromatic N) is 1. The van der Waals surface area contributed by atoms with Crippen LogP contribution in [0.5, 0.6) is 0 Å². The van der Waals surface area contributed by atoms with Crippen LogP contribution in [0, 0.1) is 5.41 Å². The van der Waals surface area contributed by atoms with Crippen molar-refractivity contribution < 1.29 is 29.0 Å². The Bertz CT molecular complexity index is 1380. The molecule has 3 atom stereocenters. The van der Waals surface area contributed by atoms with Gasteiger partial charge in [-0.1, -0.05) is 85.8 Å². The summed E-state index contributed by atoms with van der Waals surface area (Å²) < 4.78 is 11.8. The van der Waals surface area contributed by atoms with Gasteiger partial charge in [-0.25, -0.2) is 4.79 Å². The van der Waals surface area contributed by atoms with Crippen molar-refractivity contribution in [2.45, 2.75) is 57.8 Å². The standard InChI is InChI=1S/C34H38N2O6/c1-3-34(32(38)39)18-11-19-36(22-34)31(37)30(23(2)41-20-24-12-5-4-6-13-24)35-33(40)42-21-29-27-16-9-7-14-25(27)26-15-8-10-17-28(26)29/h4-10,12-17,23,29-30H,3,11,18-22H2,1-2H3,(H,35,40)(H,38,39). The normalized spacial score (nSPS) is 19.3. The lowest BCUT2D eigenvalue weighted by Crippen LogP contribution is -2.58. The van der Waals surface area contributed by atoms with Crippen LogP contribution in [0.1, 0.15) is 55.7 Å². The van der Waals surface area contributed by atoms with E-state index in [1.54, 1.807) is 11.8 Å². The fourth-order valence-corrected chi connectivity index (χ4v) is 6.18. The molecule has 0 radical (unpaired) electrons. The molecule has 2 amide bonds. The Hall–Kier alpha value is -4.17. The minimum absolute atomic E-state index is 0.0892. The molecular formula is C34H38N2O6. The topological polar surface area (TPSA) is 105 Å². The van der Waals surface area contributed by atoms with Crippen LogP contribution in [0.4, 0.5) is 4.79 Å². The minimum atomic E-state index is -1.05. The largest absolute Gasteiger partial charge is 0.481 e. The van der Waals surface area contributed by atoms with E-state index in [9.17, 15) is 19.5 Å². The lowest BCUT2D eigenvalue weighted by Gasteiger charge is -2.41. The number of alkyl carbamates (subject to hydrolysis) is 1. The van der Waals surface area contributed by atoms with Gasteiger partial charge in [0.2, 0.25) is 5.91 Å². The fourth-order valence-electron chi connectivity index (χ4n) is 6.18. The molecule has 1 aliphatic heterocycles. The smallest absolute Gasteiger partial charge is 0.407 e. The number of hydrogen-bond donors (Lipinski definition) is 2. The lowest BCUT2D eigenvalue weighted by molar-refractivity contribution is -0.156. The third-order valence-corrected chi connectivity index (χ3v) is 8.73. The highest BCUT2D eigenvalue weighted by Crippen LogP contribution is 2.44. The molecule has 1 fully saturated rings. The molecule has 1 saturated heterocycles.